The molecule has 0 radical (unpaired) electrons. The molecule has 0 atom stereocenters. The second kappa shape index (κ2) is 13.1. The SMILES string of the molecule is CCCCCCS(I)(CCCCC)CCCCC. The molecule has 0 saturated heterocycles. The molecular weight excluding hydrogens is 351 g/mol. The van der Waals surface area contributed by atoms with Gasteiger partial charge in [-0.2, -0.15) is 7.20 Å². The minimum Gasteiger partial charge on any atom is -0.187 e. The summed E-state index contributed by atoms with van der Waals surface area (Å²) in [4.78, 5) is 0. The van der Waals surface area contributed by atoms with Gasteiger partial charge in [-0.25, -0.2) is 0 Å². The third-order valence-corrected chi connectivity index (χ3v) is 10.6. The molecule has 2 heteroatoms. The first-order valence-electron chi connectivity index (χ1n) is 8.14. The Hall–Kier alpha value is 1.08. The van der Waals surface area contributed by atoms with Gasteiger partial charge in [-0.1, -0.05) is 65.7 Å². The fraction of sp³-hybridized carbons (Fsp3) is 1.00. The van der Waals surface area contributed by atoms with E-state index in [0.29, 0.717) is 0 Å². The topological polar surface area (TPSA) is 0 Å². The Balaban J connectivity index is 3.95. The van der Waals surface area contributed by atoms with E-state index in [4.69, 9.17) is 0 Å². The zero-order chi connectivity index (χ0) is 13.7. The molecule has 0 saturated carbocycles. The van der Waals surface area contributed by atoms with Gasteiger partial charge in [0.1, 0.15) is 0 Å². The number of halogens is 1. The Morgan fingerprint density at radius 2 is 0.889 bits per heavy atom. The minimum atomic E-state index is -0.294. The van der Waals surface area contributed by atoms with Gasteiger partial charge in [0.2, 0.25) is 0 Å². The predicted octanol–water partition coefficient (Wildman–Crippen LogP) is 7.10. The number of hydrogen-bond acceptors (Lipinski definition) is 0. The molecule has 0 heterocycles. The van der Waals surface area contributed by atoms with Crippen molar-refractivity contribution in [2.75, 3.05) is 17.3 Å². The molecule has 0 aromatic carbocycles. The van der Waals surface area contributed by atoms with E-state index >= 15 is 0 Å². The van der Waals surface area contributed by atoms with E-state index in [1.165, 1.54) is 75.7 Å². The molecule has 0 nitrogen and oxygen atoms in total. The van der Waals surface area contributed by atoms with Crippen LogP contribution in [0.5, 0.6) is 0 Å². The smallest absolute Gasteiger partial charge is 0.0144 e. The molecule has 0 aromatic rings. The molecule has 0 N–H and O–H groups in total. The summed E-state index contributed by atoms with van der Waals surface area (Å²) in [5.74, 6) is 4.62. The summed E-state index contributed by atoms with van der Waals surface area (Å²) in [6, 6.07) is 0. The lowest BCUT2D eigenvalue weighted by Gasteiger charge is -2.34. The quantitative estimate of drug-likeness (QED) is 0.234. The van der Waals surface area contributed by atoms with Gasteiger partial charge < -0.3 is 0 Å². The highest BCUT2D eigenvalue weighted by Crippen LogP contribution is 2.58. The van der Waals surface area contributed by atoms with Crippen molar-refractivity contribution < 1.29 is 0 Å². The summed E-state index contributed by atoms with van der Waals surface area (Å²) in [6.07, 6.45) is 14.4. The summed E-state index contributed by atoms with van der Waals surface area (Å²) in [5, 5.41) is 0. The normalized spacial score (nSPS) is 12.9. The van der Waals surface area contributed by atoms with Crippen molar-refractivity contribution in [3.8, 4) is 0 Å². The van der Waals surface area contributed by atoms with Gasteiger partial charge in [-0.15, -0.1) is 0 Å². The van der Waals surface area contributed by atoms with Crippen LogP contribution in [0.1, 0.15) is 85.0 Å². The molecule has 112 valence electrons. The van der Waals surface area contributed by atoms with Gasteiger partial charge in [0.15, 0.2) is 0 Å². The van der Waals surface area contributed by atoms with Crippen LogP contribution in [-0.4, -0.2) is 17.3 Å². The van der Waals surface area contributed by atoms with Crippen LogP contribution in [0.4, 0.5) is 0 Å². The zero-order valence-corrected chi connectivity index (χ0v) is 16.0. The predicted molar refractivity (Wildman–Crippen MR) is 99.4 cm³/mol. The van der Waals surface area contributed by atoms with Crippen molar-refractivity contribution in [1.29, 1.82) is 0 Å². The monoisotopic (exact) mass is 386 g/mol. The molecule has 0 unspecified atom stereocenters. The van der Waals surface area contributed by atoms with Crippen LogP contribution in [-0.2, 0) is 0 Å². The van der Waals surface area contributed by atoms with Gasteiger partial charge in [-0.3, -0.25) is 0 Å². The largest absolute Gasteiger partial charge is 0.187 e. The van der Waals surface area contributed by atoms with E-state index in [0.717, 1.165) is 0 Å². The minimum absolute atomic E-state index is 0.294. The molecule has 0 aliphatic carbocycles. The van der Waals surface area contributed by atoms with Gasteiger partial charge >= 0.3 is 0 Å². The first-order chi connectivity index (χ1) is 8.68. The molecule has 0 aromatic heterocycles. The van der Waals surface area contributed by atoms with E-state index in [1.807, 2.05) is 0 Å². The lowest BCUT2D eigenvalue weighted by Crippen LogP contribution is -2.08. The first-order valence-corrected chi connectivity index (χ1v) is 12.8. The molecule has 18 heavy (non-hydrogen) atoms. The van der Waals surface area contributed by atoms with Gasteiger partial charge in [0.05, 0.1) is 0 Å². The van der Waals surface area contributed by atoms with Gasteiger partial charge in [0, 0.05) is 0 Å². The highest BCUT2D eigenvalue weighted by Gasteiger charge is 2.18. The van der Waals surface area contributed by atoms with E-state index in [-0.39, 0.29) is 7.20 Å². The molecule has 0 aliphatic heterocycles. The van der Waals surface area contributed by atoms with Crippen molar-refractivity contribution in [2.45, 2.75) is 85.0 Å². The third kappa shape index (κ3) is 11.0. The Morgan fingerprint density at radius 1 is 0.556 bits per heavy atom. The maximum absolute atomic E-state index is 2.89. The second-order valence-electron chi connectivity index (χ2n) is 5.53. The van der Waals surface area contributed by atoms with Crippen LogP contribution < -0.4 is 0 Å². The van der Waals surface area contributed by atoms with Crippen LogP contribution >= 0.6 is 28.4 Å². The second-order valence-corrected chi connectivity index (χ2v) is 14.2. The lowest BCUT2D eigenvalue weighted by molar-refractivity contribution is 0.703. The van der Waals surface area contributed by atoms with Crippen molar-refractivity contribution in [3.05, 3.63) is 0 Å². The fourth-order valence-corrected chi connectivity index (χ4v) is 7.89. The average Bonchev–Trinajstić information content (AvgIpc) is 2.36. The zero-order valence-electron chi connectivity index (χ0n) is 13.0. The highest BCUT2D eigenvalue weighted by molar-refractivity contribution is 14.2. The van der Waals surface area contributed by atoms with Crippen LogP contribution in [0.3, 0.4) is 0 Å². The molecule has 0 fully saturated rings. The molecule has 0 spiro atoms. The molecule has 0 aliphatic rings. The van der Waals surface area contributed by atoms with Crippen LogP contribution in [0, 0.1) is 0 Å². The van der Waals surface area contributed by atoms with E-state index < -0.39 is 0 Å². The van der Waals surface area contributed by atoms with Crippen molar-refractivity contribution in [3.63, 3.8) is 0 Å². The Kier molecular flexibility index (Phi) is 13.9. The highest BCUT2D eigenvalue weighted by atomic mass is 127. The standard InChI is InChI=1S/C16H35IS/c1-4-7-10-13-16-18(17,14-11-8-5-2)15-12-9-6-3/h4-16H2,1-3H3. The van der Waals surface area contributed by atoms with E-state index in [2.05, 4.69) is 42.0 Å². The Morgan fingerprint density at radius 3 is 1.28 bits per heavy atom. The first kappa shape index (κ1) is 19.1. The maximum atomic E-state index is 2.89. The lowest BCUT2D eigenvalue weighted by atomic mass is 10.2. The van der Waals surface area contributed by atoms with Gasteiger partial charge in [-0.05, 0) is 57.7 Å². The third-order valence-electron chi connectivity index (χ3n) is 3.59. The Labute approximate surface area is 130 Å². The molecule has 0 bridgehead atoms. The molecular formula is C16H35IS. The van der Waals surface area contributed by atoms with Crippen molar-refractivity contribution >= 4 is 28.4 Å². The summed E-state index contributed by atoms with van der Waals surface area (Å²) in [7, 11) is -0.294. The summed E-state index contributed by atoms with van der Waals surface area (Å²) >= 11 is 2.89. The van der Waals surface area contributed by atoms with Crippen LogP contribution in [0.15, 0.2) is 0 Å². The summed E-state index contributed by atoms with van der Waals surface area (Å²) in [5.41, 5.74) is 0. The average molecular weight is 386 g/mol. The number of hydrogen-bond donors (Lipinski definition) is 0. The summed E-state index contributed by atoms with van der Waals surface area (Å²) < 4.78 is 0. The van der Waals surface area contributed by atoms with Crippen molar-refractivity contribution in [2.24, 2.45) is 0 Å². The van der Waals surface area contributed by atoms with E-state index in [9.17, 15) is 0 Å². The summed E-state index contributed by atoms with van der Waals surface area (Å²) in [6.45, 7) is 6.96. The number of rotatable bonds is 13. The fourth-order valence-electron chi connectivity index (χ4n) is 2.32. The number of unbranched alkanes of at least 4 members (excludes halogenated alkanes) is 7. The van der Waals surface area contributed by atoms with Crippen LogP contribution in [0.2, 0.25) is 0 Å². The molecule has 0 amide bonds. The maximum Gasteiger partial charge on any atom is -0.0144 e. The molecule has 0 rings (SSSR count). The van der Waals surface area contributed by atoms with Gasteiger partial charge in [0.25, 0.3) is 0 Å². The van der Waals surface area contributed by atoms with Crippen molar-refractivity contribution in [1.82, 2.24) is 0 Å². The van der Waals surface area contributed by atoms with Crippen LogP contribution in [0.25, 0.3) is 0 Å². The Bertz CT molecular complexity index is 160. The van der Waals surface area contributed by atoms with E-state index in [1.54, 1.807) is 5.75 Å².